The van der Waals surface area contributed by atoms with E-state index in [1.807, 2.05) is 35.7 Å². The van der Waals surface area contributed by atoms with Gasteiger partial charge in [0, 0.05) is 22.6 Å². The van der Waals surface area contributed by atoms with E-state index in [4.69, 9.17) is 16.3 Å². The van der Waals surface area contributed by atoms with Gasteiger partial charge in [0.05, 0.1) is 28.9 Å². The first kappa shape index (κ1) is 21.7. The minimum absolute atomic E-state index is 0.0254. The molecule has 1 saturated heterocycles. The van der Waals surface area contributed by atoms with Crippen LogP contribution in [0.3, 0.4) is 0 Å². The molecule has 162 valence electrons. The fourth-order valence-corrected chi connectivity index (χ4v) is 6.24. The lowest BCUT2D eigenvalue weighted by Gasteiger charge is -2.09. The molecule has 0 N–H and O–H groups in total. The molecule has 7 nitrogen and oxygen atoms in total. The second-order valence-corrected chi connectivity index (χ2v) is 10.7. The maximum atomic E-state index is 12.2. The summed E-state index contributed by atoms with van der Waals surface area (Å²) in [6.45, 7) is 1.83. The van der Waals surface area contributed by atoms with Gasteiger partial charge in [0.25, 0.3) is 0 Å². The molecule has 0 aliphatic carbocycles. The van der Waals surface area contributed by atoms with E-state index in [0.29, 0.717) is 28.5 Å². The van der Waals surface area contributed by atoms with Crippen LogP contribution in [-0.2, 0) is 26.0 Å². The third-order valence-corrected chi connectivity index (χ3v) is 8.01. The van der Waals surface area contributed by atoms with E-state index in [-0.39, 0.29) is 24.2 Å². The largest absolute Gasteiger partial charge is 0.456 e. The normalized spacial score (nSPS) is 17.9. The van der Waals surface area contributed by atoms with Crippen molar-refractivity contribution in [3.8, 4) is 10.6 Å². The van der Waals surface area contributed by atoms with Crippen LogP contribution in [0.4, 0.5) is 0 Å². The number of rotatable bonds is 6. The number of benzene rings is 1. The Labute approximate surface area is 189 Å². The summed E-state index contributed by atoms with van der Waals surface area (Å²) in [4.78, 5) is 16.6. The van der Waals surface area contributed by atoms with E-state index in [9.17, 15) is 13.2 Å². The van der Waals surface area contributed by atoms with Gasteiger partial charge in [-0.25, -0.2) is 22.9 Å². The van der Waals surface area contributed by atoms with Crippen molar-refractivity contribution in [2.75, 3.05) is 11.5 Å². The van der Waals surface area contributed by atoms with Crippen molar-refractivity contribution in [3.05, 3.63) is 63.9 Å². The molecule has 1 fully saturated rings. The van der Waals surface area contributed by atoms with E-state index in [0.717, 1.165) is 10.6 Å². The van der Waals surface area contributed by atoms with E-state index in [1.165, 1.54) is 22.1 Å². The highest BCUT2D eigenvalue weighted by Crippen LogP contribution is 2.30. The molecule has 1 aromatic carbocycles. The number of carbonyl (C=O) groups excluding carboxylic acids is 1. The molecule has 1 aliphatic heterocycles. The van der Waals surface area contributed by atoms with Crippen LogP contribution in [0.1, 0.15) is 29.4 Å². The maximum Gasteiger partial charge on any atom is 0.331 e. The Kier molecular flexibility index (Phi) is 6.27. The standard InChI is InChI=1S/C21H20ClN3O4S2/c1-14-18(20(22)25(24-14)17-9-10-31(27,28)13-17)7-8-19(26)29-11-16-12-30-21(23-16)15-5-3-2-4-6-15/h2-8,12,17H,9-11,13H2,1H3/b8-7+. The molecule has 0 amide bonds. The van der Waals surface area contributed by atoms with Crippen molar-refractivity contribution in [1.82, 2.24) is 14.8 Å². The van der Waals surface area contributed by atoms with E-state index in [1.54, 1.807) is 13.0 Å². The van der Waals surface area contributed by atoms with Crippen LogP contribution in [-0.4, -0.2) is 40.7 Å². The number of nitrogens with zero attached hydrogens (tertiary/aromatic N) is 3. The van der Waals surface area contributed by atoms with Crippen LogP contribution >= 0.6 is 22.9 Å². The smallest absolute Gasteiger partial charge is 0.331 e. The van der Waals surface area contributed by atoms with Crippen LogP contribution in [0, 0.1) is 6.92 Å². The number of aryl methyl sites for hydroxylation is 1. The molecular weight excluding hydrogens is 458 g/mol. The Morgan fingerprint density at radius 2 is 2.13 bits per heavy atom. The first-order valence-corrected chi connectivity index (χ1v) is 12.7. The highest BCUT2D eigenvalue weighted by atomic mass is 35.5. The van der Waals surface area contributed by atoms with Gasteiger partial charge >= 0.3 is 5.97 Å². The molecule has 3 heterocycles. The summed E-state index contributed by atoms with van der Waals surface area (Å²) in [5.74, 6) is -0.370. The van der Waals surface area contributed by atoms with Gasteiger partial charge in [-0.2, -0.15) is 5.10 Å². The monoisotopic (exact) mass is 477 g/mol. The van der Waals surface area contributed by atoms with Crippen molar-refractivity contribution in [1.29, 1.82) is 0 Å². The molecule has 1 unspecified atom stereocenters. The van der Waals surface area contributed by atoms with E-state index < -0.39 is 15.8 Å². The van der Waals surface area contributed by atoms with Crippen LogP contribution in [0.25, 0.3) is 16.6 Å². The van der Waals surface area contributed by atoms with E-state index >= 15 is 0 Å². The van der Waals surface area contributed by atoms with Crippen LogP contribution in [0.15, 0.2) is 41.8 Å². The summed E-state index contributed by atoms with van der Waals surface area (Å²) in [5, 5.41) is 7.41. The summed E-state index contributed by atoms with van der Waals surface area (Å²) in [7, 11) is -3.06. The number of ether oxygens (including phenoxy) is 1. The first-order chi connectivity index (χ1) is 14.8. The van der Waals surface area contributed by atoms with Gasteiger partial charge in [-0.1, -0.05) is 41.9 Å². The molecule has 1 atom stereocenters. The zero-order valence-electron chi connectivity index (χ0n) is 16.7. The number of sulfone groups is 1. The predicted octanol–water partition coefficient (Wildman–Crippen LogP) is 4.08. The molecule has 31 heavy (non-hydrogen) atoms. The lowest BCUT2D eigenvalue weighted by atomic mass is 10.2. The molecule has 0 spiro atoms. The van der Waals surface area contributed by atoms with Crippen molar-refractivity contribution < 1.29 is 17.9 Å². The van der Waals surface area contributed by atoms with Gasteiger partial charge < -0.3 is 4.74 Å². The van der Waals surface area contributed by atoms with Gasteiger partial charge in [0.1, 0.15) is 16.8 Å². The summed E-state index contributed by atoms with van der Waals surface area (Å²) >= 11 is 7.91. The fraction of sp³-hybridized carbons (Fsp3) is 0.286. The Morgan fingerprint density at radius 1 is 1.35 bits per heavy atom. The molecular formula is C21H20ClN3O4S2. The average molecular weight is 478 g/mol. The molecule has 0 radical (unpaired) electrons. The van der Waals surface area contributed by atoms with Crippen molar-refractivity contribution >= 4 is 44.8 Å². The highest BCUT2D eigenvalue weighted by molar-refractivity contribution is 7.91. The molecule has 0 saturated carbocycles. The Morgan fingerprint density at radius 3 is 2.84 bits per heavy atom. The highest BCUT2D eigenvalue weighted by Gasteiger charge is 2.31. The number of aromatic nitrogens is 3. The third-order valence-electron chi connectivity index (χ3n) is 4.95. The number of hydrogen-bond acceptors (Lipinski definition) is 7. The topological polar surface area (TPSA) is 91.2 Å². The molecule has 1 aliphatic rings. The summed E-state index contributed by atoms with van der Waals surface area (Å²) < 4.78 is 30.3. The molecule has 3 aromatic rings. The maximum absolute atomic E-state index is 12.2. The zero-order chi connectivity index (χ0) is 22.0. The van der Waals surface area contributed by atoms with Gasteiger partial charge in [0.2, 0.25) is 0 Å². The van der Waals surface area contributed by atoms with Crippen molar-refractivity contribution in [2.24, 2.45) is 0 Å². The molecule has 4 rings (SSSR count). The summed E-state index contributed by atoms with van der Waals surface area (Å²) in [6.07, 6.45) is 3.31. The fourth-order valence-electron chi connectivity index (χ4n) is 3.36. The lowest BCUT2D eigenvalue weighted by Crippen LogP contribution is -2.12. The number of esters is 1. The van der Waals surface area contributed by atoms with Gasteiger partial charge in [0.15, 0.2) is 9.84 Å². The average Bonchev–Trinajstić information content (AvgIpc) is 3.43. The van der Waals surface area contributed by atoms with E-state index in [2.05, 4.69) is 10.1 Å². The minimum atomic E-state index is -3.06. The van der Waals surface area contributed by atoms with Gasteiger partial charge in [-0.3, -0.25) is 0 Å². The quantitative estimate of drug-likeness (QED) is 0.392. The Hall–Kier alpha value is -2.49. The SMILES string of the molecule is Cc1nn(C2CCS(=O)(=O)C2)c(Cl)c1/C=C/C(=O)OCc1csc(-c2ccccc2)n1. The van der Waals surface area contributed by atoms with Crippen LogP contribution in [0.5, 0.6) is 0 Å². The van der Waals surface area contributed by atoms with Crippen LogP contribution < -0.4 is 0 Å². The Bertz CT molecular complexity index is 1230. The van der Waals surface area contributed by atoms with Crippen molar-refractivity contribution in [3.63, 3.8) is 0 Å². The molecule has 2 aromatic heterocycles. The molecule has 10 heteroatoms. The first-order valence-electron chi connectivity index (χ1n) is 9.62. The summed E-state index contributed by atoms with van der Waals surface area (Å²) in [6, 6.07) is 9.51. The Balaban J connectivity index is 1.38. The van der Waals surface area contributed by atoms with Crippen molar-refractivity contribution in [2.45, 2.75) is 26.0 Å². The number of halogens is 1. The second-order valence-electron chi connectivity index (χ2n) is 7.24. The minimum Gasteiger partial charge on any atom is -0.456 e. The summed E-state index contributed by atoms with van der Waals surface area (Å²) in [5.41, 5.74) is 2.88. The van der Waals surface area contributed by atoms with Gasteiger partial charge in [-0.05, 0) is 19.4 Å². The lowest BCUT2D eigenvalue weighted by molar-refractivity contribution is -0.139. The third kappa shape index (κ3) is 5.06. The zero-order valence-corrected chi connectivity index (χ0v) is 19.1. The number of thiazole rings is 1. The molecule has 0 bridgehead atoms. The van der Waals surface area contributed by atoms with Gasteiger partial charge in [-0.15, -0.1) is 11.3 Å². The second kappa shape index (κ2) is 8.94. The number of hydrogen-bond donors (Lipinski definition) is 0. The predicted molar refractivity (Wildman–Crippen MR) is 121 cm³/mol. The van der Waals surface area contributed by atoms with Crippen LogP contribution in [0.2, 0.25) is 5.15 Å². The number of carbonyl (C=O) groups is 1.